The lowest BCUT2D eigenvalue weighted by atomic mass is 9.91. The van der Waals surface area contributed by atoms with Gasteiger partial charge in [-0.15, -0.1) is 0 Å². The number of nitrogens with zero attached hydrogens (tertiary/aromatic N) is 2. The van der Waals surface area contributed by atoms with E-state index in [0.29, 0.717) is 5.95 Å². The molecule has 0 saturated carbocycles. The Bertz CT molecular complexity index is 487. The maximum atomic E-state index is 12.3. The summed E-state index contributed by atoms with van der Waals surface area (Å²) >= 11 is 0. The third-order valence-corrected chi connectivity index (χ3v) is 5.08. The number of sulfonamides is 1. The van der Waals surface area contributed by atoms with E-state index in [1.165, 1.54) is 12.4 Å². The van der Waals surface area contributed by atoms with Gasteiger partial charge in [0.05, 0.1) is 12.4 Å². The number of nitrogens with one attached hydrogen (secondary N) is 2. The lowest BCUT2D eigenvalue weighted by molar-refractivity contribution is 0.341. The van der Waals surface area contributed by atoms with Gasteiger partial charge < -0.3 is 5.32 Å². The lowest BCUT2D eigenvalue weighted by Gasteiger charge is -2.31. The molecule has 0 amide bonds. The van der Waals surface area contributed by atoms with Crippen molar-refractivity contribution in [1.29, 1.82) is 0 Å². The van der Waals surface area contributed by atoms with Crippen LogP contribution in [-0.4, -0.2) is 31.0 Å². The second kappa shape index (κ2) is 6.29. The van der Waals surface area contributed by atoms with E-state index in [1.807, 2.05) is 20.8 Å². The summed E-state index contributed by atoms with van der Waals surface area (Å²) in [4.78, 5) is 7.95. The van der Waals surface area contributed by atoms with Gasteiger partial charge in [0.2, 0.25) is 16.0 Å². The van der Waals surface area contributed by atoms with E-state index in [4.69, 9.17) is 0 Å². The Morgan fingerprint density at radius 2 is 1.58 bits per heavy atom. The highest BCUT2D eigenvalue weighted by Crippen LogP contribution is 2.22. The summed E-state index contributed by atoms with van der Waals surface area (Å²) in [5.41, 5.74) is -0.402. The first-order valence-corrected chi connectivity index (χ1v) is 7.95. The van der Waals surface area contributed by atoms with Crippen molar-refractivity contribution in [2.45, 2.75) is 50.5 Å². The topological polar surface area (TPSA) is 84.0 Å². The summed E-state index contributed by atoms with van der Waals surface area (Å²) in [6, 6.07) is 0. The third-order valence-electron chi connectivity index (χ3n) is 3.54. The molecule has 1 rings (SSSR count). The summed E-state index contributed by atoms with van der Waals surface area (Å²) in [5.74, 6) is 0.395. The van der Waals surface area contributed by atoms with Crippen LogP contribution < -0.4 is 10.0 Å². The van der Waals surface area contributed by atoms with Gasteiger partial charge in [-0.3, -0.25) is 0 Å². The highest BCUT2D eigenvalue weighted by Gasteiger charge is 2.30. The summed E-state index contributed by atoms with van der Waals surface area (Å²) in [6.45, 7) is 5.95. The van der Waals surface area contributed by atoms with Crippen LogP contribution in [0.4, 0.5) is 5.95 Å². The number of aromatic nitrogens is 2. The quantitative estimate of drug-likeness (QED) is 0.798. The van der Waals surface area contributed by atoms with Crippen molar-refractivity contribution in [3.05, 3.63) is 12.4 Å². The van der Waals surface area contributed by atoms with E-state index in [1.54, 1.807) is 7.05 Å². The molecule has 19 heavy (non-hydrogen) atoms. The van der Waals surface area contributed by atoms with Crippen molar-refractivity contribution in [3.63, 3.8) is 0 Å². The fourth-order valence-corrected chi connectivity index (χ4v) is 3.40. The van der Waals surface area contributed by atoms with Crippen LogP contribution in [-0.2, 0) is 10.0 Å². The molecule has 0 fully saturated rings. The van der Waals surface area contributed by atoms with E-state index >= 15 is 0 Å². The summed E-state index contributed by atoms with van der Waals surface area (Å²) in [5, 5.41) is 2.75. The van der Waals surface area contributed by atoms with Crippen LogP contribution in [0.5, 0.6) is 0 Å². The molecule has 0 aliphatic heterocycles. The molecule has 0 unspecified atom stereocenters. The molecular weight excluding hydrogens is 264 g/mol. The number of anilines is 1. The first kappa shape index (κ1) is 15.8. The molecule has 0 bridgehead atoms. The molecule has 1 aromatic rings. The van der Waals surface area contributed by atoms with Crippen molar-refractivity contribution in [1.82, 2.24) is 14.7 Å². The van der Waals surface area contributed by atoms with Crippen molar-refractivity contribution in [3.8, 4) is 0 Å². The first-order valence-electron chi connectivity index (χ1n) is 6.46. The molecule has 0 aliphatic rings. The molecule has 1 aromatic heterocycles. The molecule has 0 saturated heterocycles. The molecule has 0 radical (unpaired) electrons. The predicted octanol–water partition coefficient (Wildman–Crippen LogP) is 1.77. The third kappa shape index (κ3) is 3.63. The van der Waals surface area contributed by atoms with Gasteiger partial charge in [0.25, 0.3) is 0 Å². The molecule has 7 heteroatoms. The fraction of sp³-hybridized carbons (Fsp3) is 0.667. The van der Waals surface area contributed by atoms with Gasteiger partial charge in [0.15, 0.2) is 0 Å². The zero-order chi connectivity index (χ0) is 14.5. The minimum absolute atomic E-state index is 0.0891. The standard InChI is InChI=1S/C12H22N4O2S/c1-5-12(6-2,7-3)16-19(17,18)10-8-14-11(13-4)15-9-10/h8-9,16H,5-7H2,1-4H3,(H,13,14,15). The van der Waals surface area contributed by atoms with Crippen LogP contribution in [0.15, 0.2) is 17.3 Å². The van der Waals surface area contributed by atoms with E-state index < -0.39 is 15.6 Å². The monoisotopic (exact) mass is 286 g/mol. The molecule has 0 atom stereocenters. The smallest absolute Gasteiger partial charge is 0.244 e. The summed E-state index contributed by atoms with van der Waals surface area (Å²) in [6.07, 6.45) is 4.86. The Labute approximate surface area is 115 Å². The Kier molecular flexibility index (Phi) is 5.25. The molecule has 2 N–H and O–H groups in total. The molecule has 108 valence electrons. The summed E-state index contributed by atoms with van der Waals surface area (Å²) in [7, 11) is -1.90. The normalized spacial score (nSPS) is 12.4. The van der Waals surface area contributed by atoms with Gasteiger partial charge in [-0.25, -0.2) is 23.1 Å². The van der Waals surface area contributed by atoms with Gasteiger partial charge in [-0.05, 0) is 19.3 Å². The van der Waals surface area contributed by atoms with Crippen LogP contribution in [0.1, 0.15) is 40.0 Å². The molecule has 0 aromatic carbocycles. The minimum Gasteiger partial charge on any atom is -0.357 e. The van der Waals surface area contributed by atoms with Gasteiger partial charge in [-0.2, -0.15) is 0 Å². The van der Waals surface area contributed by atoms with E-state index in [-0.39, 0.29) is 4.90 Å². The van der Waals surface area contributed by atoms with Crippen LogP contribution in [0, 0.1) is 0 Å². The van der Waals surface area contributed by atoms with Gasteiger partial charge in [-0.1, -0.05) is 20.8 Å². The van der Waals surface area contributed by atoms with Crippen molar-refractivity contribution < 1.29 is 8.42 Å². The lowest BCUT2D eigenvalue weighted by Crippen LogP contribution is -2.47. The fourth-order valence-electron chi connectivity index (χ4n) is 1.89. The average molecular weight is 286 g/mol. The van der Waals surface area contributed by atoms with Crippen LogP contribution >= 0.6 is 0 Å². The Morgan fingerprint density at radius 3 is 1.95 bits per heavy atom. The first-order chi connectivity index (χ1) is 8.93. The summed E-state index contributed by atoms with van der Waals surface area (Å²) < 4.78 is 27.4. The molecule has 0 spiro atoms. The van der Waals surface area contributed by atoms with Gasteiger partial charge in [0, 0.05) is 12.6 Å². The second-order valence-corrected chi connectivity index (χ2v) is 6.12. The zero-order valence-corrected chi connectivity index (χ0v) is 12.7. The Balaban J connectivity index is 3.03. The molecular formula is C12H22N4O2S. The molecule has 0 aliphatic carbocycles. The maximum absolute atomic E-state index is 12.3. The highest BCUT2D eigenvalue weighted by molar-refractivity contribution is 7.89. The largest absolute Gasteiger partial charge is 0.357 e. The Hall–Kier alpha value is -1.21. The van der Waals surface area contributed by atoms with Crippen molar-refractivity contribution in [2.24, 2.45) is 0 Å². The Morgan fingerprint density at radius 1 is 1.11 bits per heavy atom. The maximum Gasteiger partial charge on any atom is 0.244 e. The predicted molar refractivity (Wildman–Crippen MR) is 75.5 cm³/mol. The van der Waals surface area contributed by atoms with Crippen molar-refractivity contribution in [2.75, 3.05) is 12.4 Å². The number of hydrogen-bond acceptors (Lipinski definition) is 5. The molecule has 1 heterocycles. The van der Waals surface area contributed by atoms with E-state index in [0.717, 1.165) is 19.3 Å². The number of rotatable bonds is 7. The minimum atomic E-state index is -3.58. The highest BCUT2D eigenvalue weighted by atomic mass is 32.2. The van der Waals surface area contributed by atoms with Crippen LogP contribution in [0.2, 0.25) is 0 Å². The average Bonchev–Trinajstić information content (AvgIpc) is 2.45. The SMILES string of the molecule is CCC(CC)(CC)NS(=O)(=O)c1cnc(NC)nc1. The van der Waals surface area contributed by atoms with Gasteiger partial charge >= 0.3 is 0 Å². The van der Waals surface area contributed by atoms with E-state index in [2.05, 4.69) is 20.0 Å². The second-order valence-electron chi connectivity index (χ2n) is 4.44. The number of hydrogen-bond donors (Lipinski definition) is 2. The van der Waals surface area contributed by atoms with E-state index in [9.17, 15) is 8.42 Å². The molecule has 6 nitrogen and oxygen atoms in total. The van der Waals surface area contributed by atoms with Crippen LogP contribution in [0.3, 0.4) is 0 Å². The van der Waals surface area contributed by atoms with Gasteiger partial charge in [0.1, 0.15) is 4.90 Å². The zero-order valence-electron chi connectivity index (χ0n) is 11.9. The van der Waals surface area contributed by atoms with Crippen LogP contribution in [0.25, 0.3) is 0 Å². The van der Waals surface area contributed by atoms with Crippen molar-refractivity contribution >= 4 is 16.0 Å².